The lowest BCUT2D eigenvalue weighted by Crippen LogP contribution is -2.44. The van der Waals surface area contributed by atoms with Gasteiger partial charge in [-0.25, -0.2) is 14.8 Å². The van der Waals surface area contributed by atoms with Crippen molar-refractivity contribution >= 4 is 11.0 Å². The Kier molecular flexibility index (Phi) is 5.64. The Bertz CT molecular complexity index is 1140. The molecule has 0 radical (unpaired) electrons. The molecule has 5 N–H and O–H groups in total. The van der Waals surface area contributed by atoms with Gasteiger partial charge in [0.25, 0.3) is 0 Å². The Morgan fingerprint density at radius 3 is 2.34 bits per heavy atom. The third kappa shape index (κ3) is 3.59. The number of hydrogen-bond donors (Lipinski definition) is 5. The van der Waals surface area contributed by atoms with Crippen LogP contribution in [0.15, 0.2) is 21.7 Å². The number of hydrogen-bond acceptors (Lipinski definition) is 10. The first kappa shape index (κ1) is 20.8. The lowest BCUT2D eigenvalue weighted by Gasteiger charge is -2.25. The minimum atomic E-state index is -1.70. The molecule has 3 rings (SSSR count). The molecule has 2 aliphatic rings. The van der Waals surface area contributed by atoms with Crippen LogP contribution < -0.4 is 16.2 Å². The van der Waals surface area contributed by atoms with Crippen LogP contribution in [0, 0.1) is 13.8 Å². The summed E-state index contributed by atoms with van der Waals surface area (Å²) in [6.45, 7) is 2.50. The lowest BCUT2D eigenvalue weighted by molar-refractivity contribution is -0.249. The van der Waals surface area contributed by atoms with Gasteiger partial charge in [-0.3, -0.25) is 4.79 Å². The molecule has 12 nitrogen and oxygen atoms in total. The van der Waals surface area contributed by atoms with Gasteiger partial charge in [-0.15, -0.1) is 0 Å². The Labute approximate surface area is 162 Å². The first-order valence-corrected chi connectivity index (χ1v) is 8.61. The van der Waals surface area contributed by atoms with Crippen molar-refractivity contribution in [2.24, 2.45) is 0 Å². The van der Waals surface area contributed by atoms with E-state index in [2.05, 4.69) is 15.0 Å². The van der Waals surface area contributed by atoms with Crippen molar-refractivity contribution in [2.75, 3.05) is 6.61 Å². The molecule has 1 aromatic carbocycles. The average molecular weight is 408 g/mol. The summed E-state index contributed by atoms with van der Waals surface area (Å²) in [7, 11) is 0. The Balaban J connectivity index is 2.33. The Hall–Kier alpha value is -2.90. The zero-order chi connectivity index (χ0) is 21.5. The molecule has 0 aliphatic carbocycles. The molecule has 156 valence electrons. The van der Waals surface area contributed by atoms with Crippen LogP contribution in [0.2, 0.25) is 0 Å². The highest BCUT2D eigenvalue weighted by atomic mass is 17.2. The quantitative estimate of drug-likeness (QED) is 0.168. The second-order valence-corrected chi connectivity index (χ2v) is 6.70. The van der Waals surface area contributed by atoms with E-state index in [1.54, 1.807) is 12.1 Å². The third-order valence-electron chi connectivity index (χ3n) is 4.77. The van der Waals surface area contributed by atoms with Crippen LogP contribution in [-0.2, 0) is 6.54 Å². The van der Waals surface area contributed by atoms with Crippen LogP contribution in [-0.4, -0.2) is 69.9 Å². The van der Waals surface area contributed by atoms with Gasteiger partial charge in [0.15, 0.2) is 11.5 Å². The highest BCUT2D eigenvalue weighted by Crippen LogP contribution is 2.24. The van der Waals surface area contributed by atoms with Crippen LogP contribution >= 0.6 is 0 Å². The molecular weight excluding hydrogens is 388 g/mol. The van der Waals surface area contributed by atoms with Gasteiger partial charge in [0.05, 0.1) is 24.2 Å². The van der Waals surface area contributed by atoms with Gasteiger partial charge in [0, 0.05) is 0 Å². The molecule has 0 saturated heterocycles. The highest BCUT2D eigenvalue weighted by Gasteiger charge is 2.28. The molecule has 1 aromatic rings. The smallest absolute Gasteiger partial charge is 0.389 e. The van der Waals surface area contributed by atoms with Gasteiger partial charge < -0.3 is 25.0 Å². The van der Waals surface area contributed by atoms with Crippen molar-refractivity contribution < 1.29 is 30.7 Å². The van der Waals surface area contributed by atoms with Crippen molar-refractivity contribution in [1.82, 2.24) is 19.3 Å². The summed E-state index contributed by atoms with van der Waals surface area (Å²) in [4.78, 5) is 36.2. The predicted molar refractivity (Wildman–Crippen MR) is 98.5 cm³/mol. The van der Waals surface area contributed by atoms with Crippen molar-refractivity contribution in [1.29, 1.82) is 0 Å². The van der Waals surface area contributed by atoms with Gasteiger partial charge >= 0.3 is 11.2 Å². The first-order valence-electron chi connectivity index (χ1n) is 8.61. The number of aliphatic hydroxyl groups is 4. The lowest BCUT2D eigenvalue weighted by atomic mass is 10.1. The average Bonchev–Trinajstić information content (AvgIpc) is 2.69. The molecule has 12 heteroatoms. The maximum atomic E-state index is 12.5. The maximum Gasteiger partial charge on any atom is 0.389 e. The molecule has 3 unspecified atom stereocenters. The van der Waals surface area contributed by atoms with Crippen LogP contribution in [0.5, 0.6) is 0 Å². The van der Waals surface area contributed by atoms with E-state index in [-0.39, 0.29) is 22.8 Å². The molecule has 0 aromatic heterocycles. The minimum Gasteiger partial charge on any atom is -0.394 e. The SMILES string of the molecule is Cc1cc2nc3c(=O)n(OO)c(=O)nc-3n(CC(O)C(O)C(O)CO)c2cc1C. The van der Waals surface area contributed by atoms with E-state index in [9.17, 15) is 24.9 Å². The second-order valence-electron chi connectivity index (χ2n) is 6.70. The monoisotopic (exact) mass is 408 g/mol. The molecule has 2 aliphatic heterocycles. The van der Waals surface area contributed by atoms with E-state index in [0.717, 1.165) is 11.1 Å². The van der Waals surface area contributed by atoms with E-state index in [0.29, 0.717) is 11.0 Å². The van der Waals surface area contributed by atoms with Crippen LogP contribution in [0.1, 0.15) is 11.1 Å². The van der Waals surface area contributed by atoms with E-state index in [4.69, 9.17) is 10.4 Å². The largest absolute Gasteiger partial charge is 0.394 e. The number of rotatable bonds is 6. The Morgan fingerprint density at radius 1 is 1.07 bits per heavy atom. The number of aromatic nitrogens is 4. The predicted octanol–water partition coefficient (Wildman–Crippen LogP) is -2.35. The molecule has 0 fully saturated rings. The van der Waals surface area contributed by atoms with E-state index in [1.807, 2.05) is 13.8 Å². The van der Waals surface area contributed by atoms with Gasteiger partial charge in [-0.05, 0) is 41.8 Å². The van der Waals surface area contributed by atoms with Crippen molar-refractivity contribution in [3.63, 3.8) is 0 Å². The van der Waals surface area contributed by atoms with E-state index in [1.165, 1.54) is 4.57 Å². The molecule has 0 saturated carbocycles. The van der Waals surface area contributed by atoms with Gasteiger partial charge in [-0.2, -0.15) is 10.2 Å². The number of aliphatic hydroxyl groups excluding tert-OH is 4. The zero-order valence-corrected chi connectivity index (χ0v) is 15.6. The van der Waals surface area contributed by atoms with Gasteiger partial charge in [0.2, 0.25) is 0 Å². The summed E-state index contributed by atoms with van der Waals surface area (Å²) < 4.78 is 1.32. The van der Waals surface area contributed by atoms with Gasteiger partial charge in [-0.1, -0.05) is 0 Å². The summed E-state index contributed by atoms with van der Waals surface area (Å²) >= 11 is 0. The normalized spacial score (nSPS) is 14.9. The van der Waals surface area contributed by atoms with Gasteiger partial charge in [0.1, 0.15) is 18.3 Å². The summed E-state index contributed by atoms with van der Waals surface area (Å²) in [5, 5.41) is 47.7. The summed E-state index contributed by atoms with van der Waals surface area (Å²) in [6.07, 6.45) is -4.88. The van der Waals surface area contributed by atoms with Crippen molar-refractivity contribution in [2.45, 2.75) is 38.7 Å². The fraction of sp³-hybridized carbons (Fsp3) is 0.412. The maximum absolute atomic E-state index is 12.5. The van der Waals surface area contributed by atoms with Crippen LogP contribution in [0.25, 0.3) is 22.6 Å². The topological polar surface area (TPSA) is 180 Å². The molecule has 0 amide bonds. The first-order chi connectivity index (χ1) is 13.7. The van der Waals surface area contributed by atoms with Crippen molar-refractivity contribution in [3.05, 3.63) is 44.1 Å². The molecule has 2 heterocycles. The number of aryl methyl sites for hydroxylation is 2. The summed E-state index contributed by atoms with van der Waals surface area (Å²) in [6, 6.07) is 3.39. The van der Waals surface area contributed by atoms with E-state index < -0.39 is 36.2 Å². The summed E-state index contributed by atoms with van der Waals surface area (Å²) in [5.74, 6) is -0.214. The van der Waals surface area contributed by atoms with E-state index >= 15 is 0 Å². The second kappa shape index (κ2) is 7.85. The highest BCUT2D eigenvalue weighted by molar-refractivity contribution is 5.81. The van der Waals surface area contributed by atoms with Crippen molar-refractivity contribution in [3.8, 4) is 11.5 Å². The number of nitrogens with zero attached hydrogens (tertiary/aromatic N) is 4. The molecule has 0 spiro atoms. The van der Waals surface area contributed by atoms with Crippen LogP contribution in [0.4, 0.5) is 0 Å². The standard InChI is InChI=1S/C17H20N4O8/c1-7-3-9-10(4-8(7)2)20(5-11(23)14(25)12(24)6-22)15-13(18-9)16(26)21(29-28)17(27)19-15/h3-4,11-12,14,22-25,28H,5-6H2,1-2H3. The fourth-order valence-electron chi connectivity index (χ4n) is 3.00. The molecular formula is C17H20N4O8. The molecule has 0 bridgehead atoms. The molecule has 3 atom stereocenters. The molecule has 29 heavy (non-hydrogen) atoms. The minimum absolute atomic E-state index is 0.0212. The van der Waals surface area contributed by atoms with Crippen LogP contribution in [0.3, 0.4) is 0 Å². The number of fused-ring (bicyclic) bond motifs is 2. The zero-order valence-electron chi connectivity index (χ0n) is 15.6. The summed E-state index contributed by atoms with van der Waals surface area (Å²) in [5.41, 5.74) is -0.160. The Morgan fingerprint density at radius 2 is 1.72 bits per heavy atom. The number of benzene rings is 1. The fourth-order valence-corrected chi connectivity index (χ4v) is 3.00. The third-order valence-corrected chi connectivity index (χ3v) is 4.77.